The number of aromatic hydroxyl groups is 1. The molecule has 1 aliphatic carbocycles. The normalized spacial score (nSPS) is 22.1. The Morgan fingerprint density at radius 3 is 2.24 bits per heavy atom. The van der Waals surface area contributed by atoms with Crippen molar-refractivity contribution in [2.24, 2.45) is 11.8 Å². The number of phenolic OH excluding ortho intramolecular Hbond substituents is 1. The highest BCUT2D eigenvalue weighted by molar-refractivity contribution is 5.70. The van der Waals surface area contributed by atoms with Gasteiger partial charge in [-0.1, -0.05) is 76.8 Å². The SMILES string of the molecule is CCCCCCC[C@H](O)CCCCCC[C@H](C(=O)O)[C@H](O)CC[C@]1(O)CC[C@@H](Cc2cccc(O)c2)C1. The molecule has 0 aromatic heterocycles. The lowest BCUT2D eigenvalue weighted by molar-refractivity contribution is -0.146. The molecule has 0 bridgehead atoms. The molecule has 37 heavy (non-hydrogen) atoms. The van der Waals surface area contributed by atoms with E-state index in [2.05, 4.69) is 6.92 Å². The third-order valence-electron chi connectivity index (χ3n) is 8.25. The van der Waals surface area contributed by atoms with Gasteiger partial charge in [0, 0.05) is 0 Å². The standard InChI is InChI=1S/C31H52O6/c1-2-3-4-5-8-13-26(32)14-9-6-7-10-16-28(30(35)36)29(34)18-20-31(37)19-17-25(23-31)21-24-12-11-15-27(33)22-24/h11-12,15,22,25-26,28-29,32-34,37H,2-10,13-14,16-21,23H2,1H3,(H,35,36)/t25-,26-,28-,29+,31+/m0/s1. The average Bonchev–Trinajstić information content (AvgIpc) is 3.22. The first-order valence-electron chi connectivity index (χ1n) is 14.8. The number of benzene rings is 1. The van der Waals surface area contributed by atoms with Crippen molar-refractivity contribution in [3.8, 4) is 5.75 Å². The fraction of sp³-hybridized carbons (Fsp3) is 0.774. The van der Waals surface area contributed by atoms with Gasteiger partial charge in [0.05, 0.1) is 23.7 Å². The van der Waals surface area contributed by atoms with Crippen LogP contribution in [0.15, 0.2) is 24.3 Å². The molecule has 0 amide bonds. The van der Waals surface area contributed by atoms with Crippen molar-refractivity contribution in [2.75, 3.05) is 0 Å². The minimum atomic E-state index is -0.967. The molecule has 1 aromatic rings. The summed E-state index contributed by atoms with van der Waals surface area (Å²) in [5.41, 5.74) is 0.194. The number of aliphatic hydroxyl groups is 3. The predicted octanol–water partition coefficient (Wildman–Crippen LogP) is 6.37. The van der Waals surface area contributed by atoms with E-state index in [0.717, 1.165) is 63.4 Å². The number of carboxylic acid groups (broad SMARTS) is 1. The van der Waals surface area contributed by atoms with Crippen LogP contribution in [0.2, 0.25) is 0 Å². The van der Waals surface area contributed by atoms with Crippen LogP contribution in [0.1, 0.15) is 122 Å². The third-order valence-corrected chi connectivity index (χ3v) is 8.25. The Kier molecular flexibility index (Phi) is 14.6. The lowest BCUT2D eigenvalue weighted by atomic mass is 9.86. The van der Waals surface area contributed by atoms with E-state index in [1.807, 2.05) is 12.1 Å². The van der Waals surface area contributed by atoms with Gasteiger partial charge in [-0.15, -0.1) is 0 Å². The van der Waals surface area contributed by atoms with Crippen LogP contribution in [0.5, 0.6) is 5.75 Å². The van der Waals surface area contributed by atoms with E-state index in [1.165, 1.54) is 25.7 Å². The Labute approximate surface area is 224 Å². The first-order chi connectivity index (χ1) is 17.7. The molecule has 2 rings (SSSR count). The summed E-state index contributed by atoms with van der Waals surface area (Å²) in [5, 5.41) is 51.2. The van der Waals surface area contributed by atoms with Crippen molar-refractivity contribution in [2.45, 2.75) is 140 Å². The van der Waals surface area contributed by atoms with Crippen LogP contribution in [0.4, 0.5) is 0 Å². The third kappa shape index (κ3) is 12.6. The lowest BCUT2D eigenvalue weighted by Gasteiger charge is -2.26. The molecule has 5 atom stereocenters. The highest BCUT2D eigenvalue weighted by Gasteiger charge is 2.38. The zero-order chi connectivity index (χ0) is 27.1. The van der Waals surface area contributed by atoms with Crippen LogP contribution in [0, 0.1) is 11.8 Å². The monoisotopic (exact) mass is 520 g/mol. The largest absolute Gasteiger partial charge is 0.508 e. The van der Waals surface area contributed by atoms with E-state index in [1.54, 1.807) is 12.1 Å². The number of hydrogen-bond donors (Lipinski definition) is 5. The summed E-state index contributed by atoms with van der Waals surface area (Å²) < 4.78 is 0. The predicted molar refractivity (Wildman–Crippen MR) is 148 cm³/mol. The van der Waals surface area contributed by atoms with Crippen molar-refractivity contribution in [1.82, 2.24) is 0 Å². The van der Waals surface area contributed by atoms with Crippen molar-refractivity contribution in [3.63, 3.8) is 0 Å². The first kappa shape index (κ1) is 31.6. The molecule has 0 radical (unpaired) electrons. The van der Waals surface area contributed by atoms with Gasteiger partial charge in [0.2, 0.25) is 0 Å². The number of aliphatic hydroxyl groups excluding tert-OH is 2. The van der Waals surface area contributed by atoms with Crippen LogP contribution in [0.25, 0.3) is 0 Å². The molecule has 0 spiro atoms. The molecule has 6 nitrogen and oxygen atoms in total. The van der Waals surface area contributed by atoms with Crippen molar-refractivity contribution in [3.05, 3.63) is 29.8 Å². The highest BCUT2D eigenvalue weighted by atomic mass is 16.4. The maximum absolute atomic E-state index is 11.8. The topological polar surface area (TPSA) is 118 Å². The number of carbonyl (C=O) groups is 1. The molecule has 1 saturated carbocycles. The van der Waals surface area contributed by atoms with Gasteiger partial charge in [-0.25, -0.2) is 0 Å². The number of carboxylic acids is 1. The summed E-state index contributed by atoms with van der Waals surface area (Å²) in [7, 11) is 0. The summed E-state index contributed by atoms with van der Waals surface area (Å²) in [6, 6.07) is 7.22. The van der Waals surface area contributed by atoms with Crippen LogP contribution < -0.4 is 0 Å². The van der Waals surface area contributed by atoms with Crippen molar-refractivity contribution >= 4 is 5.97 Å². The summed E-state index contributed by atoms with van der Waals surface area (Å²) in [5.74, 6) is -1.20. The maximum Gasteiger partial charge on any atom is 0.309 e. The molecule has 0 unspecified atom stereocenters. The van der Waals surface area contributed by atoms with Crippen LogP contribution in [0.3, 0.4) is 0 Å². The molecule has 0 aliphatic heterocycles. The number of rotatable bonds is 20. The molecule has 0 heterocycles. The van der Waals surface area contributed by atoms with Crippen LogP contribution in [-0.2, 0) is 11.2 Å². The number of phenols is 1. The van der Waals surface area contributed by atoms with Gasteiger partial charge in [-0.2, -0.15) is 0 Å². The van der Waals surface area contributed by atoms with Gasteiger partial charge in [0.15, 0.2) is 0 Å². The van der Waals surface area contributed by atoms with Gasteiger partial charge < -0.3 is 25.5 Å². The summed E-state index contributed by atoms with van der Waals surface area (Å²) in [4.78, 5) is 11.8. The van der Waals surface area contributed by atoms with Crippen molar-refractivity contribution < 1.29 is 30.3 Å². The van der Waals surface area contributed by atoms with Gasteiger partial charge in [0.25, 0.3) is 0 Å². The van der Waals surface area contributed by atoms with E-state index >= 15 is 0 Å². The molecule has 1 aromatic carbocycles. The van der Waals surface area contributed by atoms with E-state index < -0.39 is 23.6 Å². The molecule has 0 saturated heterocycles. The second-order valence-corrected chi connectivity index (χ2v) is 11.6. The molecule has 1 fully saturated rings. The summed E-state index contributed by atoms with van der Waals surface area (Å²) >= 11 is 0. The summed E-state index contributed by atoms with van der Waals surface area (Å²) in [6.45, 7) is 2.20. The Morgan fingerprint density at radius 1 is 0.973 bits per heavy atom. The van der Waals surface area contributed by atoms with E-state index in [4.69, 9.17) is 0 Å². The van der Waals surface area contributed by atoms with E-state index in [9.17, 15) is 30.3 Å². The van der Waals surface area contributed by atoms with Crippen LogP contribution >= 0.6 is 0 Å². The molecule has 1 aliphatic rings. The fourth-order valence-corrected chi connectivity index (χ4v) is 5.96. The van der Waals surface area contributed by atoms with Gasteiger partial charge in [-0.3, -0.25) is 4.79 Å². The highest BCUT2D eigenvalue weighted by Crippen LogP contribution is 2.40. The minimum absolute atomic E-state index is 0.226. The lowest BCUT2D eigenvalue weighted by Crippen LogP contribution is -2.32. The minimum Gasteiger partial charge on any atom is -0.508 e. The smallest absolute Gasteiger partial charge is 0.309 e. The maximum atomic E-state index is 11.8. The Hall–Kier alpha value is -1.63. The zero-order valence-corrected chi connectivity index (χ0v) is 23.0. The molecular formula is C31H52O6. The quantitative estimate of drug-likeness (QED) is 0.128. The molecule has 6 heteroatoms. The average molecular weight is 521 g/mol. The second kappa shape index (κ2) is 17.1. The molecule has 5 N–H and O–H groups in total. The van der Waals surface area contributed by atoms with E-state index in [-0.39, 0.29) is 18.3 Å². The Balaban J connectivity index is 1.62. The van der Waals surface area contributed by atoms with Crippen LogP contribution in [-0.4, -0.2) is 49.3 Å². The Bertz CT molecular complexity index is 768. The zero-order valence-electron chi connectivity index (χ0n) is 23.0. The molecule has 212 valence electrons. The van der Waals surface area contributed by atoms with Gasteiger partial charge in [-0.05, 0) is 81.4 Å². The number of unbranched alkanes of at least 4 members (excludes halogenated alkanes) is 7. The second-order valence-electron chi connectivity index (χ2n) is 11.6. The van der Waals surface area contributed by atoms with Crippen molar-refractivity contribution in [1.29, 1.82) is 0 Å². The van der Waals surface area contributed by atoms with Gasteiger partial charge >= 0.3 is 5.97 Å². The Morgan fingerprint density at radius 2 is 1.62 bits per heavy atom. The number of aliphatic carboxylic acids is 1. The van der Waals surface area contributed by atoms with Gasteiger partial charge in [0.1, 0.15) is 5.75 Å². The first-order valence-corrected chi connectivity index (χ1v) is 14.8. The summed E-state index contributed by atoms with van der Waals surface area (Å²) in [6.07, 6.45) is 14.2. The molecular weight excluding hydrogens is 468 g/mol. The number of hydrogen-bond acceptors (Lipinski definition) is 5. The fourth-order valence-electron chi connectivity index (χ4n) is 5.96. The van der Waals surface area contributed by atoms with E-state index in [0.29, 0.717) is 31.6 Å².